The summed E-state index contributed by atoms with van der Waals surface area (Å²) in [7, 11) is 0. The van der Waals surface area contributed by atoms with Crippen LogP contribution < -0.4 is 5.32 Å². The average molecular weight is 326 g/mol. The van der Waals surface area contributed by atoms with Gasteiger partial charge in [0, 0.05) is 11.4 Å². The minimum absolute atomic E-state index is 0.246. The second-order valence-electron chi connectivity index (χ2n) is 3.75. The lowest BCUT2D eigenvalue weighted by Crippen LogP contribution is -2.06. The van der Waals surface area contributed by atoms with Crippen LogP contribution in [0.1, 0.15) is 10.4 Å². The van der Waals surface area contributed by atoms with Gasteiger partial charge in [-0.05, 0) is 30.3 Å². The smallest absolute Gasteiger partial charge is 0.379 e. The van der Waals surface area contributed by atoms with Crippen molar-refractivity contribution in [1.82, 2.24) is 0 Å². The molecule has 7 heteroatoms. The number of anilines is 1. The van der Waals surface area contributed by atoms with Crippen molar-refractivity contribution < 1.29 is 13.2 Å². The fraction of sp³-hybridized carbons (Fsp3) is 0.167. The van der Waals surface area contributed by atoms with Crippen LogP contribution in [0.2, 0.25) is 9.36 Å². The highest BCUT2D eigenvalue weighted by Gasteiger charge is 2.30. The summed E-state index contributed by atoms with van der Waals surface area (Å²) < 4.78 is 38.4. The molecule has 2 rings (SSSR count). The van der Waals surface area contributed by atoms with Crippen LogP contribution in [0.25, 0.3) is 0 Å². The summed E-state index contributed by atoms with van der Waals surface area (Å²) in [6, 6.07) is 6.72. The Labute approximate surface area is 122 Å². The summed E-state index contributed by atoms with van der Waals surface area (Å²) in [6.07, 6.45) is -4.38. The number of thiophene rings is 1. The molecule has 0 saturated carbocycles. The van der Waals surface area contributed by atoms with Crippen molar-refractivity contribution in [1.29, 1.82) is 0 Å². The van der Waals surface area contributed by atoms with E-state index in [1.54, 1.807) is 6.07 Å². The van der Waals surface area contributed by atoms with Crippen molar-refractivity contribution in [3.63, 3.8) is 0 Å². The van der Waals surface area contributed by atoms with E-state index in [2.05, 4.69) is 5.32 Å². The number of hydrogen-bond acceptors (Lipinski definition) is 2. The van der Waals surface area contributed by atoms with Gasteiger partial charge in [0.05, 0.1) is 20.6 Å². The van der Waals surface area contributed by atoms with Crippen LogP contribution in [0.3, 0.4) is 0 Å². The SMILES string of the molecule is FC(F)(F)c1ccc(Cl)c(NCc2ccc(Cl)s2)c1. The Kier molecular flexibility index (Phi) is 4.28. The second-order valence-corrected chi connectivity index (χ2v) is 5.96. The summed E-state index contributed by atoms with van der Waals surface area (Å²) in [5, 5.41) is 3.12. The molecule has 0 atom stereocenters. The molecule has 1 aromatic heterocycles. The maximum Gasteiger partial charge on any atom is 0.416 e. The van der Waals surface area contributed by atoms with Crippen molar-refractivity contribution >= 4 is 40.2 Å². The van der Waals surface area contributed by atoms with E-state index in [0.717, 1.165) is 17.0 Å². The average Bonchev–Trinajstić information content (AvgIpc) is 2.72. The van der Waals surface area contributed by atoms with Crippen molar-refractivity contribution in [2.45, 2.75) is 12.7 Å². The molecule has 1 N–H and O–H groups in total. The fourth-order valence-electron chi connectivity index (χ4n) is 1.47. The van der Waals surface area contributed by atoms with Crippen LogP contribution in [0.5, 0.6) is 0 Å². The zero-order valence-electron chi connectivity index (χ0n) is 9.39. The molecule has 0 radical (unpaired) electrons. The third-order valence-corrected chi connectivity index (χ3v) is 3.94. The van der Waals surface area contributed by atoms with Crippen LogP contribution in [-0.4, -0.2) is 0 Å². The molecule has 0 spiro atoms. The predicted octanol–water partition coefficient (Wildman–Crippen LogP) is 5.69. The van der Waals surface area contributed by atoms with Crippen molar-refractivity contribution in [3.8, 4) is 0 Å². The van der Waals surface area contributed by atoms with E-state index in [-0.39, 0.29) is 10.7 Å². The highest BCUT2D eigenvalue weighted by Crippen LogP contribution is 2.34. The van der Waals surface area contributed by atoms with Gasteiger partial charge in [-0.25, -0.2) is 0 Å². The first-order valence-corrected chi connectivity index (χ1v) is 6.78. The molecule has 0 amide bonds. The summed E-state index contributed by atoms with van der Waals surface area (Å²) in [4.78, 5) is 0.915. The molecule has 19 heavy (non-hydrogen) atoms. The molecule has 1 nitrogen and oxygen atoms in total. The highest BCUT2D eigenvalue weighted by atomic mass is 35.5. The highest BCUT2D eigenvalue weighted by molar-refractivity contribution is 7.16. The Bertz CT molecular complexity index is 581. The van der Waals surface area contributed by atoms with Crippen molar-refractivity contribution in [2.24, 2.45) is 0 Å². The number of alkyl halides is 3. The Hall–Kier alpha value is -0.910. The fourth-order valence-corrected chi connectivity index (χ4v) is 2.68. The first-order valence-electron chi connectivity index (χ1n) is 5.21. The zero-order valence-corrected chi connectivity index (χ0v) is 11.7. The van der Waals surface area contributed by atoms with Crippen LogP contribution in [0.4, 0.5) is 18.9 Å². The van der Waals surface area contributed by atoms with Crippen LogP contribution in [-0.2, 0) is 12.7 Å². The van der Waals surface area contributed by atoms with Gasteiger partial charge >= 0.3 is 6.18 Å². The van der Waals surface area contributed by atoms with Gasteiger partial charge in [-0.1, -0.05) is 23.2 Å². The first-order chi connectivity index (χ1) is 8.86. The van der Waals surface area contributed by atoms with E-state index in [1.807, 2.05) is 6.07 Å². The standard InChI is InChI=1S/C12H8Cl2F3NS/c13-9-3-1-7(12(15,16)17)5-10(9)18-6-8-2-4-11(14)19-8/h1-5,18H,6H2. The molecule has 0 fully saturated rings. The molecule has 0 aliphatic heterocycles. The molecule has 2 aromatic rings. The molecule has 1 aromatic carbocycles. The Morgan fingerprint density at radius 1 is 1.11 bits per heavy atom. The van der Waals surface area contributed by atoms with Gasteiger partial charge in [-0.15, -0.1) is 11.3 Å². The van der Waals surface area contributed by atoms with E-state index in [1.165, 1.54) is 17.4 Å². The van der Waals surface area contributed by atoms with Gasteiger partial charge < -0.3 is 5.32 Å². The van der Waals surface area contributed by atoms with Crippen LogP contribution in [0, 0.1) is 0 Å². The molecule has 102 valence electrons. The van der Waals surface area contributed by atoms with Crippen molar-refractivity contribution in [3.05, 3.63) is 50.1 Å². The third kappa shape index (κ3) is 3.78. The number of hydrogen-bond donors (Lipinski definition) is 1. The lowest BCUT2D eigenvalue weighted by atomic mass is 10.2. The van der Waals surface area contributed by atoms with Crippen molar-refractivity contribution in [2.75, 3.05) is 5.32 Å². The van der Waals surface area contributed by atoms with Gasteiger partial charge in [-0.3, -0.25) is 0 Å². The summed E-state index contributed by atoms with van der Waals surface area (Å²) in [5.41, 5.74) is -0.482. The van der Waals surface area contributed by atoms with Gasteiger partial charge in [0.1, 0.15) is 0 Å². The molecule has 0 saturated heterocycles. The number of halogens is 5. The minimum Gasteiger partial charge on any atom is -0.379 e. The molecule has 0 aliphatic carbocycles. The maximum atomic E-state index is 12.6. The minimum atomic E-state index is -4.38. The van der Waals surface area contributed by atoms with Gasteiger partial charge in [-0.2, -0.15) is 13.2 Å². The first kappa shape index (κ1) is 14.5. The molecule has 0 unspecified atom stereocenters. The van der Waals surface area contributed by atoms with Crippen LogP contribution >= 0.6 is 34.5 Å². The largest absolute Gasteiger partial charge is 0.416 e. The topological polar surface area (TPSA) is 12.0 Å². The summed E-state index contributed by atoms with van der Waals surface area (Å²) in [6.45, 7) is 0.373. The van der Waals surface area contributed by atoms with E-state index in [0.29, 0.717) is 10.9 Å². The lowest BCUT2D eigenvalue weighted by molar-refractivity contribution is -0.137. The molecular weight excluding hydrogens is 318 g/mol. The Balaban J connectivity index is 2.15. The molecule has 0 bridgehead atoms. The summed E-state index contributed by atoms with van der Waals surface area (Å²) in [5.74, 6) is 0. The van der Waals surface area contributed by atoms with Gasteiger partial charge in [0.25, 0.3) is 0 Å². The molecule has 1 heterocycles. The Morgan fingerprint density at radius 2 is 1.84 bits per heavy atom. The quantitative estimate of drug-likeness (QED) is 0.764. The third-order valence-electron chi connectivity index (χ3n) is 2.38. The molecule has 0 aliphatic rings. The van der Waals surface area contributed by atoms with E-state index in [9.17, 15) is 13.2 Å². The van der Waals surface area contributed by atoms with E-state index < -0.39 is 11.7 Å². The van der Waals surface area contributed by atoms with E-state index >= 15 is 0 Å². The monoisotopic (exact) mass is 325 g/mol. The van der Waals surface area contributed by atoms with Crippen LogP contribution in [0.15, 0.2) is 30.3 Å². The maximum absolute atomic E-state index is 12.6. The number of nitrogens with one attached hydrogen (secondary N) is 1. The zero-order chi connectivity index (χ0) is 14.0. The molecular formula is C12H8Cl2F3NS. The van der Waals surface area contributed by atoms with E-state index in [4.69, 9.17) is 23.2 Å². The number of rotatable bonds is 3. The summed E-state index contributed by atoms with van der Waals surface area (Å²) >= 11 is 13.0. The van der Waals surface area contributed by atoms with Gasteiger partial charge in [0.15, 0.2) is 0 Å². The lowest BCUT2D eigenvalue weighted by Gasteiger charge is -2.11. The second kappa shape index (κ2) is 5.61. The normalized spacial score (nSPS) is 11.6. The number of benzene rings is 1. The van der Waals surface area contributed by atoms with Gasteiger partial charge in [0.2, 0.25) is 0 Å². The Morgan fingerprint density at radius 3 is 2.42 bits per heavy atom. The predicted molar refractivity (Wildman–Crippen MR) is 73.1 cm³/mol.